The van der Waals surface area contributed by atoms with Crippen LogP contribution in [0.3, 0.4) is 0 Å². The van der Waals surface area contributed by atoms with E-state index in [2.05, 4.69) is 52.0 Å². The molecule has 0 aromatic heterocycles. The number of carboxylic acids is 1. The lowest BCUT2D eigenvalue weighted by Gasteiger charge is -2.20. The van der Waals surface area contributed by atoms with Crippen molar-refractivity contribution in [1.82, 2.24) is 0 Å². The molecule has 0 amide bonds. The summed E-state index contributed by atoms with van der Waals surface area (Å²) in [6, 6.07) is 14.3. The number of aryl methyl sites for hydroxylation is 1. The van der Waals surface area contributed by atoms with Gasteiger partial charge in [0.1, 0.15) is 11.5 Å². The predicted octanol–water partition coefficient (Wildman–Crippen LogP) is 5.95. The molecule has 0 saturated carbocycles. The number of benzene rings is 2. The van der Waals surface area contributed by atoms with Crippen LogP contribution >= 0.6 is 11.8 Å². The Morgan fingerprint density at radius 2 is 1.79 bits per heavy atom. The Bertz CT molecular complexity index is 794. The predicted molar refractivity (Wildman–Crippen MR) is 119 cm³/mol. The quantitative estimate of drug-likeness (QED) is 0.485. The fraction of sp³-hybridized carbons (Fsp3) is 0.458. The van der Waals surface area contributed by atoms with Crippen molar-refractivity contribution in [2.24, 2.45) is 5.92 Å². The summed E-state index contributed by atoms with van der Waals surface area (Å²) in [6.45, 7) is 11.1. The molecule has 0 radical (unpaired) electrons. The highest BCUT2D eigenvalue weighted by Gasteiger charge is 2.14. The van der Waals surface area contributed by atoms with E-state index in [0.29, 0.717) is 18.3 Å². The zero-order chi connectivity index (χ0) is 21.4. The zero-order valence-electron chi connectivity index (χ0n) is 18.0. The SMILES string of the molecule is CCC(COc1ccc(C(C)(C)C)cc1)CSc1ccc(OCC(=O)O)c(C)c1. The van der Waals surface area contributed by atoms with Gasteiger partial charge in [-0.3, -0.25) is 0 Å². The van der Waals surface area contributed by atoms with Gasteiger partial charge in [0.2, 0.25) is 0 Å². The minimum atomic E-state index is -0.971. The molecule has 0 fully saturated rings. The highest BCUT2D eigenvalue weighted by atomic mass is 32.2. The molecular weight excluding hydrogens is 384 g/mol. The first-order valence-corrected chi connectivity index (χ1v) is 11.0. The van der Waals surface area contributed by atoms with Gasteiger partial charge >= 0.3 is 5.97 Å². The molecule has 29 heavy (non-hydrogen) atoms. The third-order valence-corrected chi connectivity index (χ3v) is 5.99. The maximum Gasteiger partial charge on any atom is 0.341 e. The van der Waals surface area contributed by atoms with Gasteiger partial charge in [0, 0.05) is 16.6 Å². The molecule has 0 heterocycles. The van der Waals surface area contributed by atoms with E-state index in [0.717, 1.165) is 28.4 Å². The van der Waals surface area contributed by atoms with Crippen LogP contribution in [0.1, 0.15) is 45.2 Å². The number of aliphatic carboxylic acids is 1. The second-order valence-corrected chi connectivity index (χ2v) is 9.37. The van der Waals surface area contributed by atoms with Crippen molar-refractivity contribution >= 4 is 17.7 Å². The molecule has 0 aliphatic rings. The van der Waals surface area contributed by atoms with Gasteiger partial charge in [-0.2, -0.15) is 0 Å². The van der Waals surface area contributed by atoms with E-state index in [1.807, 2.05) is 25.1 Å². The van der Waals surface area contributed by atoms with Crippen LogP contribution in [0.5, 0.6) is 11.5 Å². The molecule has 0 bridgehead atoms. The molecule has 1 unspecified atom stereocenters. The van der Waals surface area contributed by atoms with E-state index in [-0.39, 0.29) is 12.0 Å². The van der Waals surface area contributed by atoms with Gasteiger partial charge in [0.05, 0.1) is 6.61 Å². The maximum absolute atomic E-state index is 10.6. The summed E-state index contributed by atoms with van der Waals surface area (Å²) in [6.07, 6.45) is 1.05. The van der Waals surface area contributed by atoms with Crippen LogP contribution in [0.4, 0.5) is 0 Å². The first kappa shape index (κ1) is 23.1. The summed E-state index contributed by atoms with van der Waals surface area (Å²) in [7, 11) is 0. The summed E-state index contributed by atoms with van der Waals surface area (Å²) in [5, 5.41) is 8.73. The minimum Gasteiger partial charge on any atom is -0.493 e. The number of rotatable bonds is 10. The molecule has 158 valence electrons. The molecule has 1 N–H and O–H groups in total. The Hall–Kier alpha value is -2.14. The van der Waals surface area contributed by atoms with Crippen LogP contribution in [0.2, 0.25) is 0 Å². The number of ether oxygens (including phenoxy) is 2. The Kier molecular flexibility index (Phi) is 8.45. The average molecular weight is 417 g/mol. The fourth-order valence-electron chi connectivity index (χ4n) is 2.78. The van der Waals surface area contributed by atoms with E-state index in [4.69, 9.17) is 14.6 Å². The topological polar surface area (TPSA) is 55.8 Å². The number of carboxylic acid groups (broad SMARTS) is 1. The van der Waals surface area contributed by atoms with Crippen molar-refractivity contribution in [3.05, 3.63) is 53.6 Å². The van der Waals surface area contributed by atoms with Crippen LogP contribution in [0.25, 0.3) is 0 Å². The Morgan fingerprint density at radius 1 is 1.10 bits per heavy atom. The Balaban J connectivity index is 1.85. The summed E-state index contributed by atoms with van der Waals surface area (Å²) in [4.78, 5) is 11.8. The van der Waals surface area contributed by atoms with Crippen LogP contribution in [0.15, 0.2) is 47.4 Å². The molecule has 0 aliphatic carbocycles. The summed E-state index contributed by atoms with van der Waals surface area (Å²) >= 11 is 1.79. The third kappa shape index (κ3) is 7.65. The monoisotopic (exact) mass is 416 g/mol. The van der Waals surface area contributed by atoms with E-state index < -0.39 is 5.97 Å². The summed E-state index contributed by atoms with van der Waals surface area (Å²) in [5.74, 6) is 1.97. The third-order valence-electron chi connectivity index (χ3n) is 4.77. The lowest BCUT2D eigenvalue weighted by atomic mass is 9.87. The number of carbonyl (C=O) groups is 1. The van der Waals surface area contributed by atoms with Gasteiger partial charge in [0.25, 0.3) is 0 Å². The average Bonchev–Trinajstić information content (AvgIpc) is 2.67. The lowest BCUT2D eigenvalue weighted by molar-refractivity contribution is -0.139. The molecule has 2 aromatic rings. The lowest BCUT2D eigenvalue weighted by Crippen LogP contribution is -2.14. The van der Waals surface area contributed by atoms with Crippen LogP contribution in [-0.4, -0.2) is 30.0 Å². The van der Waals surface area contributed by atoms with Gasteiger partial charge < -0.3 is 14.6 Å². The van der Waals surface area contributed by atoms with E-state index in [1.54, 1.807) is 11.8 Å². The van der Waals surface area contributed by atoms with Crippen molar-refractivity contribution in [1.29, 1.82) is 0 Å². The van der Waals surface area contributed by atoms with Gasteiger partial charge in [-0.05, 0) is 60.2 Å². The normalized spacial score (nSPS) is 12.4. The van der Waals surface area contributed by atoms with Crippen molar-refractivity contribution in [2.45, 2.75) is 51.3 Å². The second-order valence-electron chi connectivity index (χ2n) is 8.28. The van der Waals surface area contributed by atoms with E-state index in [9.17, 15) is 4.79 Å². The van der Waals surface area contributed by atoms with Gasteiger partial charge in [-0.1, -0.05) is 39.8 Å². The first-order chi connectivity index (χ1) is 13.7. The van der Waals surface area contributed by atoms with Gasteiger partial charge in [-0.25, -0.2) is 4.79 Å². The standard InChI is InChI=1S/C24H32O4S/c1-6-18(14-27-20-9-7-19(8-10-20)24(3,4)5)16-29-21-11-12-22(17(2)13-21)28-15-23(25)26/h7-13,18H,6,14-16H2,1-5H3,(H,25,26). The Morgan fingerprint density at radius 3 is 2.34 bits per heavy atom. The molecule has 0 saturated heterocycles. The van der Waals surface area contributed by atoms with Crippen LogP contribution < -0.4 is 9.47 Å². The van der Waals surface area contributed by atoms with E-state index in [1.165, 1.54) is 5.56 Å². The fourth-order valence-corrected chi connectivity index (χ4v) is 3.96. The summed E-state index contributed by atoms with van der Waals surface area (Å²) in [5.41, 5.74) is 2.39. The molecule has 0 aliphatic heterocycles. The number of hydrogen-bond acceptors (Lipinski definition) is 4. The number of thioether (sulfide) groups is 1. The van der Waals surface area contributed by atoms with Crippen molar-refractivity contribution < 1.29 is 19.4 Å². The van der Waals surface area contributed by atoms with Gasteiger partial charge in [-0.15, -0.1) is 11.8 Å². The second kappa shape index (κ2) is 10.6. The molecular formula is C24H32O4S. The largest absolute Gasteiger partial charge is 0.493 e. The first-order valence-electron chi connectivity index (χ1n) is 10.0. The maximum atomic E-state index is 10.6. The van der Waals surface area contributed by atoms with Crippen molar-refractivity contribution in [3.63, 3.8) is 0 Å². The molecule has 1 atom stereocenters. The zero-order valence-corrected chi connectivity index (χ0v) is 18.8. The Labute approximate surface area is 178 Å². The van der Waals surface area contributed by atoms with Gasteiger partial charge in [0.15, 0.2) is 6.61 Å². The highest BCUT2D eigenvalue weighted by Crippen LogP contribution is 2.28. The smallest absolute Gasteiger partial charge is 0.341 e. The minimum absolute atomic E-state index is 0.146. The molecule has 4 nitrogen and oxygen atoms in total. The number of hydrogen-bond donors (Lipinski definition) is 1. The molecule has 0 spiro atoms. The van der Waals surface area contributed by atoms with Crippen LogP contribution in [-0.2, 0) is 10.2 Å². The van der Waals surface area contributed by atoms with Crippen LogP contribution in [0, 0.1) is 12.8 Å². The van der Waals surface area contributed by atoms with Crippen molar-refractivity contribution in [2.75, 3.05) is 19.0 Å². The molecule has 2 rings (SSSR count). The molecule has 5 heteroatoms. The van der Waals surface area contributed by atoms with Crippen molar-refractivity contribution in [3.8, 4) is 11.5 Å². The van der Waals surface area contributed by atoms with E-state index >= 15 is 0 Å². The highest BCUT2D eigenvalue weighted by molar-refractivity contribution is 7.99. The summed E-state index contributed by atoms with van der Waals surface area (Å²) < 4.78 is 11.3. The molecule has 2 aromatic carbocycles.